The normalized spacial score (nSPS) is 11.1. The van der Waals surface area contributed by atoms with Gasteiger partial charge in [-0.25, -0.2) is 0 Å². The Bertz CT molecular complexity index is 809. The van der Waals surface area contributed by atoms with Crippen LogP contribution in [-0.2, 0) is 14.3 Å². The third-order valence-electron chi connectivity index (χ3n) is 3.58. The summed E-state index contributed by atoms with van der Waals surface area (Å²) >= 11 is 0. The Hall–Kier alpha value is -3.33. The second kappa shape index (κ2) is 9.23. The Balaban J connectivity index is 1.78. The first-order valence-electron chi connectivity index (χ1n) is 8.18. The summed E-state index contributed by atoms with van der Waals surface area (Å²) in [4.78, 5) is 24.0. The fourth-order valence-electron chi connectivity index (χ4n) is 2.12. The van der Waals surface area contributed by atoms with E-state index in [1.54, 1.807) is 24.3 Å². The summed E-state index contributed by atoms with van der Waals surface area (Å²) in [7, 11) is 0. The van der Waals surface area contributed by atoms with Gasteiger partial charge in [0, 0.05) is 0 Å². The molecule has 0 saturated carbocycles. The van der Waals surface area contributed by atoms with E-state index in [1.807, 2.05) is 37.3 Å². The van der Waals surface area contributed by atoms with Crippen LogP contribution in [0.25, 0.3) is 0 Å². The van der Waals surface area contributed by atoms with Gasteiger partial charge in [0.05, 0.1) is 24.3 Å². The summed E-state index contributed by atoms with van der Waals surface area (Å²) in [5.41, 5.74) is 1.84. The minimum absolute atomic E-state index is 0.0281. The number of esters is 1. The number of amides is 1. The van der Waals surface area contributed by atoms with Gasteiger partial charge in [0.2, 0.25) is 0 Å². The molecule has 0 aromatic heterocycles. The first-order valence-corrected chi connectivity index (χ1v) is 8.18. The smallest absolute Gasteiger partial charge is 0.310 e. The molecule has 2 aromatic carbocycles. The Labute approximate surface area is 152 Å². The van der Waals surface area contributed by atoms with Gasteiger partial charge in [-0.15, -0.1) is 0 Å². The van der Waals surface area contributed by atoms with Crippen molar-refractivity contribution in [3.05, 3.63) is 59.7 Å². The molecule has 0 heterocycles. The highest BCUT2D eigenvalue weighted by molar-refractivity contribution is 5.96. The zero-order valence-electron chi connectivity index (χ0n) is 14.7. The monoisotopic (exact) mass is 352 g/mol. The highest BCUT2D eigenvalue weighted by atomic mass is 16.5. The number of hydrogen-bond acceptors (Lipinski definition) is 5. The largest absolute Gasteiger partial charge is 0.493 e. The molecule has 0 aliphatic carbocycles. The van der Waals surface area contributed by atoms with Gasteiger partial charge in [-0.2, -0.15) is 5.26 Å². The lowest BCUT2D eigenvalue weighted by Crippen LogP contribution is -2.30. The van der Waals surface area contributed by atoms with Gasteiger partial charge in [-0.05, 0) is 38.1 Å². The molecule has 0 fully saturated rings. The first kappa shape index (κ1) is 19.0. The van der Waals surface area contributed by atoms with Crippen LogP contribution >= 0.6 is 0 Å². The minimum Gasteiger partial charge on any atom is -0.493 e. The third kappa shape index (κ3) is 5.64. The van der Waals surface area contributed by atoms with E-state index in [-0.39, 0.29) is 13.0 Å². The zero-order valence-corrected chi connectivity index (χ0v) is 14.7. The highest BCUT2D eigenvalue weighted by Gasteiger charge is 2.18. The van der Waals surface area contributed by atoms with E-state index in [4.69, 9.17) is 14.7 Å². The van der Waals surface area contributed by atoms with Gasteiger partial charge in [0.25, 0.3) is 5.91 Å². The van der Waals surface area contributed by atoms with Crippen molar-refractivity contribution in [3.63, 3.8) is 0 Å². The predicted molar refractivity (Wildman–Crippen MR) is 96.6 cm³/mol. The van der Waals surface area contributed by atoms with E-state index < -0.39 is 18.0 Å². The molecule has 6 heteroatoms. The number of nitrogens with zero attached hydrogens (tertiary/aromatic N) is 1. The molecule has 26 heavy (non-hydrogen) atoms. The van der Waals surface area contributed by atoms with Crippen molar-refractivity contribution in [2.45, 2.75) is 26.4 Å². The lowest BCUT2D eigenvalue weighted by atomic mass is 10.2. The molecule has 0 radical (unpaired) electrons. The van der Waals surface area contributed by atoms with Gasteiger partial charge in [0.15, 0.2) is 6.10 Å². The van der Waals surface area contributed by atoms with Crippen molar-refractivity contribution in [1.29, 1.82) is 5.26 Å². The number of aryl methyl sites for hydroxylation is 1. The van der Waals surface area contributed by atoms with Crippen LogP contribution in [0.5, 0.6) is 5.75 Å². The van der Waals surface area contributed by atoms with Gasteiger partial charge < -0.3 is 14.8 Å². The quantitative estimate of drug-likeness (QED) is 0.773. The van der Waals surface area contributed by atoms with E-state index in [9.17, 15) is 9.59 Å². The number of para-hydroxylation sites is 1. The molecule has 0 saturated heterocycles. The molecule has 2 aromatic rings. The SMILES string of the molecule is Cc1ccc(OCCC(=O)O[C@H](C)C(=O)Nc2ccccc2C#N)cc1. The van der Waals surface area contributed by atoms with E-state index in [0.717, 1.165) is 5.56 Å². The summed E-state index contributed by atoms with van der Waals surface area (Å²) in [5.74, 6) is -0.365. The van der Waals surface area contributed by atoms with Crippen LogP contribution in [0, 0.1) is 18.3 Å². The highest BCUT2D eigenvalue weighted by Crippen LogP contribution is 2.14. The van der Waals surface area contributed by atoms with Crippen molar-refractivity contribution in [1.82, 2.24) is 0 Å². The second-order valence-corrected chi connectivity index (χ2v) is 5.69. The molecule has 0 aliphatic rings. The number of benzene rings is 2. The molecule has 1 atom stereocenters. The minimum atomic E-state index is -0.978. The standard InChI is InChI=1S/C20H20N2O4/c1-14-7-9-17(10-8-14)25-12-11-19(23)26-15(2)20(24)22-18-6-4-3-5-16(18)13-21/h3-10,15H,11-12H2,1-2H3,(H,22,24)/t15-/m1/s1. The summed E-state index contributed by atoms with van der Waals surface area (Å²) in [6, 6.07) is 16.1. The predicted octanol–water partition coefficient (Wildman–Crippen LogP) is 3.21. The molecular weight excluding hydrogens is 332 g/mol. The average Bonchev–Trinajstić information content (AvgIpc) is 2.63. The van der Waals surface area contributed by atoms with Crippen LogP contribution in [0.2, 0.25) is 0 Å². The number of ether oxygens (including phenoxy) is 2. The topological polar surface area (TPSA) is 88.4 Å². The lowest BCUT2D eigenvalue weighted by molar-refractivity contribution is -0.153. The fourth-order valence-corrected chi connectivity index (χ4v) is 2.12. The maximum atomic E-state index is 12.1. The molecule has 6 nitrogen and oxygen atoms in total. The molecule has 0 spiro atoms. The van der Waals surface area contributed by atoms with Crippen LogP contribution in [0.15, 0.2) is 48.5 Å². The summed E-state index contributed by atoms with van der Waals surface area (Å²) in [5, 5.41) is 11.6. The number of nitriles is 1. The third-order valence-corrected chi connectivity index (χ3v) is 3.58. The second-order valence-electron chi connectivity index (χ2n) is 5.69. The Morgan fingerprint density at radius 2 is 1.85 bits per heavy atom. The zero-order chi connectivity index (χ0) is 18.9. The summed E-state index contributed by atoms with van der Waals surface area (Å²) < 4.78 is 10.6. The van der Waals surface area contributed by atoms with Crippen LogP contribution in [0.4, 0.5) is 5.69 Å². The first-order chi connectivity index (χ1) is 12.5. The molecule has 0 bridgehead atoms. The van der Waals surface area contributed by atoms with Crippen molar-refractivity contribution in [3.8, 4) is 11.8 Å². The molecule has 0 unspecified atom stereocenters. The molecule has 1 N–H and O–H groups in total. The average molecular weight is 352 g/mol. The van der Waals surface area contributed by atoms with Crippen LogP contribution in [0.1, 0.15) is 24.5 Å². The molecule has 134 valence electrons. The van der Waals surface area contributed by atoms with Crippen LogP contribution in [0.3, 0.4) is 0 Å². The number of carbonyl (C=O) groups is 2. The summed E-state index contributed by atoms with van der Waals surface area (Å²) in [6.07, 6.45) is -0.950. The molecule has 2 rings (SSSR count). The van der Waals surface area contributed by atoms with Gasteiger partial charge in [-0.3, -0.25) is 9.59 Å². The number of anilines is 1. The Morgan fingerprint density at radius 1 is 1.15 bits per heavy atom. The van der Waals surface area contributed by atoms with Crippen molar-refractivity contribution in [2.75, 3.05) is 11.9 Å². The molecular formula is C20H20N2O4. The van der Waals surface area contributed by atoms with E-state index in [2.05, 4.69) is 5.32 Å². The van der Waals surface area contributed by atoms with E-state index in [0.29, 0.717) is 17.0 Å². The van der Waals surface area contributed by atoms with Gasteiger partial charge in [0.1, 0.15) is 11.8 Å². The molecule has 0 aliphatic heterocycles. The van der Waals surface area contributed by atoms with E-state index >= 15 is 0 Å². The van der Waals surface area contributed by atoms with Gasteiger partial charge >= 0.3 is 5.97 Å². The molecule has 1 amide bonds. The van der Waals surface area contributed by atoms with Crippen molar-refractivity contribution < 1.29 is 19.1 Å². The Kier molecular flexibility index (Phi) is 6.75. The maximum absolute atomic E-state index is 12.1. The number of nitrogens with one attached hydrogen (secondary N) is 1. The van der Waals surface area contributed by atoms with Crippen LogP contribution in [-0.4, -0.2) is 24.6 Å². The van der Waals surface area contributed by atoms with E-state index in [1.165, 1.54) is 6.92 Å². The Morgan fingerprint density at radius 3 is 2.54 bits per heavy atom. The van der Waals surface area contributed by atoms with Crippen LogP contribution < -0.4 is 10.1 Å². The number of hydrogen-bond donors (Lipinski definition) is 1. The van der Waals surface area contributed by atoms with Crippen molar-refractivity contribution >= 4 is 17.6 Å². The fraction of sp³-hybridized carbons (Fsp3) is 0.250. The maximum Gasteiger partial charge on any atom is 0.310 e. The van der Waals surface area contributed by atoms with Crippen molar-refractivity contribution in [2.24, 2.45) is 0 Å². The lowest BCUT2D eigenvalue weighted by Gasteiger charge is -2.14. The summed E-state index contributed by atoms with van der Waals surface area (Å²) in [6.45, 7) is 3.61. The number of rotatable bonds is 7. The number of carbonyl (C=O) groups excluding carboxylic acids is 2. The van der Waals surface area contributed by atoms with Gasteiger partial charge in [-0.1, -0.05) is 29.8 Å².